The molecule has 3 rings (SSSR count). The summed E-state index contributed by atoms with van der Waals surface area (Å²) in [6.45, 7) is 1.65. The Bertz CT molecular complexity index is 610. The summed E-state index contributed by atoms with van der Waals surface area (Å²) >= 11 is 0. The minimum Gasteiger partial charge on any atom is -0.338 e. The van der Waals surface area contributed by atoms with Gasteiger partial charge in [-0.1, -0.05) is 0 Å². The number of aromatic amines is 1. The molecule has 0 aromatic carbocycles. The number of pyridine rings is 1. The first-order valence-corrected chi connectivity index (χ1v) is 6.06. The van der Waals surface area contributed by atoms with E-state index in [1.807, 2.05) is 11.0 Å². The number of hydrogen-bond acceptors (Lipinski definition) is 6. The average Bonchev–Trinajstić information content (AvgIpc) is 3.07. The first-order chi connectivity index (χ1) is 9.26. The van der Waals surface area contributed by atoms with Crippen molar-refractivity contribution >= 4 is 5.95 Å². The summed E-state index contributed by atoms with van der Waals surface area (Å²) in [6.07, 6.45) is 2.47. The Morgan fingerprint density at radius 1 is 1.47 bits per heavy atom. The lowest BCUT2D eigenvalue weighted by Crippen LogP contribution is -2.26. The van der Waals surface area contributed by atoms with Crippen molar-refractivity contribution in [2.45, 2.75) is 12.5 Å². The van der Waals surface area contributed by atoms with Gasteiger partial charge in [0, 0.05) is 25.3 Å². The fraction of sp³-hybridized carbons (Fsp3) is 0.333. The number of nitrogens with one attached hydrogen (secondary N) is 1. The number of anilines is 1. The normalized spacial score (nSPS) is 18.5. The summed E-state index contributed by atoms with van der Waals surface area (Å²) in [4.78, 5) is 10.6. The molecule has 7 nitrogen and oxygen atoms in total. The van der Waals surface area contributed by atoms with Crippen molar-refractivity contribution in [2.24, 2.45) is 5.73 Å². The van der Waals surface area contributed by atoms with E-state index in [1.165, 1.54) is 6.20 Å². The predicted molar refractivity (Wildman–Crippen MR) is 69.1 cm³/mol. The Hall–Kier alpha value is -2.46. The molecule has 1 fully saturated rings. The number of nitrogens with two attached hydrogens (primary N) is 1. The largest absolute Gasteiger partial charge is 0.338 e. The van der Waals surface area contributed by atoms with Crippen LogP contribution < -0.4 is 10.6 Å². The molecule has 1 atom stereocenters. The van der Waals surface area contributed by atoms with Crippen molar-refractivity contribution < 1.29 is 0 Å². The van der Waals surface area contributed by atoms with Crippen LogP contribution in [-0.4, -0.2) is 39.3 Å². The highest BCUT2D eigenvalue weighted by Gasteiger charge is 2.22. The molecule has 0 aliphatic carbocycles. The second-order valence-electron chi connectivity index (χ2n) is 4.52. The molecule has 2 aromatic rings. The van der Waals surface area contributed by atoms with Gasteiger partial charge in [-0.15, -0.1) is 5.10 Å². The summed E-state index contributed by atoms with van der Waals surface area (Å²) in [6, 6.07) is 5.67. The molecule has 1 saturated heterocycles. The molecule has 1 unspecified atom stereocenters. The zero-order valence-electron chi connectivity index (χ0n) is 10.2. The first-order valence-electron chi connectivity index (χ1n) is 6.06. The van der Waals surface area contributed by atoms with E-state index in [4.69, 9.17) is 11.0 Å². The van der Waals surface area contributed by atoms with E-state index in [-0.39, 0.29) is 6.04 Å². The maximum atomic E-state index is 8.73. The Labute approximate surface area is 110 Å². The summed E-state index contributed by atoms with van der Waals surface area (Å²) in [5.74, 6) is 1.24. The Morgan fingerprint density at radius 2 is 2.37 bits per heavy atom. The van der Waals surface area contributed by atoms with Crippen molar-refractivity contribution in [3.05, 3.63) is 23.9 Å². The number of hydrogen-bond donors (Lipinski definition) is 2. The zero-order chi connectivity index (χ0) is 13.2. The lowest BCUT2D eigenvalue weighted by atomic mass is 10.2. The molecule has 0 amide bonds. The van der Waals surface area contributed by atoms with Gasteiger partial charge in [0.1, 0.15) is 11.8 Å². The minimum absolute atomic E-state index is 0.190. The highest BCUT2D eigenvalue weighted by molar-refractivity contribution is 5.52. The van der Waals surface area contributed by atoms with Gasteiger partial charge in [-0.3, -0.25) is 10.1 Å². The molecular formula is C12H13N7. The number of H-pyrrole nitrogens is 1. The fourth-order valence-corrected chi connectivity index (χ4v) is 2.08. The molecule has 3 N–H and O–H groups in total. The third-order valence-corrected chi connectivity index (χ3v) is 3.12. The molecule has 0 radical (unpaired) electrons. The van der Waals surface area contributed by atoms with Gasteiger partial charge in [-0.25, -0.2) is 0 Å². The van der Waals surface area contributed by atoms with Crippen molar-refractivity contribution in [1.29, 1.82) is 5.26 Å². The molecule has 1 aliphatic rings. The van der Waals surface area contributed by atoms with Crippen LogP contribution in [-0.2, 0) is 0 Å². The van der Waals surface area contributed by atoms with Crippen LogP contribution in [0.1, 0.15) is 12.0 Å². The average molecular weight is 255 g/mol. The highest BCUT2D eigenvalue weighted by Crippen LogP contribution is 2.18. The number of nitrogens with zero attached hydrogens (tertiary/aromatic N) is 5. The third-order valence-electron chi connectivity index (χ3n) is 3.12. The Morgan fingerprint density at radius 3 is 3.00 bits per heavy atom. The highest BCUT2D eigenvalue weighted by atomic mass is 15.4. The Balaban J connectivity index is 1.82. The molecule has 1 aliphatic heterocycles. The number of nitriles is 1. The SMILES string of the molecule is N#Cc1ccc(-c2nc(N3CCC(N)C3)n[nH]2)nc1. The number of rotatable bonds is 2. The standard InChI is InChI=1S/C12H13N7/c13-5-8-1-2-10(15-6-8)11-16-12(18-17-11)19-4-3-9(14)7-19/h1-2,6,9H,3-4,7,14H2,(H,16,17,18). The van der Waals surface area contributed by atoms with E-state index in [0.717, 1.165) is 19.5 Å². The quantitative estimate of drug-likeness (QED) is 0.797. The summed E-state index contributed by atoms with van der Waals surface area (Å²) < 4.78 is 0. The molecule has 3 heterocycles. The molecule has 0 spiro atoms. The van der Waals surface area contributed by atoms with E-state index < -0.39 is 0 Å². The van der Waals surface area contributed by atoms with Crippen molar-refractivity contribution in [2.75, 3.05) is 18.0 Å². The van der Waals surface area contributed by atoms with Crippen molar-refractivity contribution in [1.82, 2.24) is 20.2 Å². The van der Waals surface area contributed by atoms with E-state index in [9.17, 15) is 0 Å². The van der Waals surface area contributed by atoms with Crippen LogP contribution >= 0.6 is 0 Å². The summed E-state index contributed by atoms with van der Waals surface area (Å²) in [5.41, 5.74) is 7.05. The second kappa shape index (κ2) is 4.66. The molecule has 0 bridgehead atoms. The van der Waals surface area contributed by atoms with Crippen LogP contribution in [0.4, 0.5) is 5.95 Å². The van der Waals surface area contributed by atoms with Crippen LogP contribution in [0, 0.1) is 11.3 Å². The molecule has 7 heteroatoms. The second-order valence-corrected chi connectivity index (χ2v) is 4.52. The van der Waals surface area contributed by atoms with Gasteiger partial charge >= 0.3 is 0 Å². The third kappa shape index (κ3) is 2.26. The molecule has 96 valence electrons. The molecular weight excluding hydrogens is 242 g/mol. The maximum Gasteiger partial charge on any atom is 0.245 e. The van der Waals surface area contributed by atoms with Crippen molar-refractivity contribution in [3.8, 4) is 17.6 Å². The Kier molecular flexibility index (Phi) is 2.85. The van der Waals surface area contributed by atoms with E-state index in [1.54, 1.807) is 12.1 Å². The first kappa shape index (κ1) is 11.6. The monoisotopic (exact) mass is 255 g/mol. The van der Waals surface area contributed by atoms with Crippen LogP contribution in [0.5, 0.6) is 0 Å². The van der Waals surface area contributed by atoms with E-state index in [2.05, 4.69) is 20.2 Å². The fourth-order valence-electron chi connectivity index (χ4n) is 2.08. The zero-order valence-corrected chi connectivity index (χ0v) is 10.2. The van der Waals surface area contributed by atoms with Crippen LogP contribution in [0.25, 0.3) is 11.5 Å². The lowest BCUT2D eigenvalue weighted by Gasteiger charge is -2.11. The van der Waals surface area contributed by atoms with Crippen LogP contribution in [0.3, 0.4) is 0 Å². The lowest BCUT2D eigenvalue weighted by molar-refractivity contribution is 0.750. The molecule has 19 heavy (non-hydrogen) atoms. The van der Waals surface area contributed by atoms with Crippen molar-refractivity contribution in [3.63, 3.8) is 0 Å². The van der Waals surface area contributed by atoms with Gasteiger partial charge in [0.2, 0.25) is 5.95 Å². The van der Waals surface area contributed by atoms with E-state index in [0.29, 0.717) is 23.0 Å². The summed E-state index contributed by atoms with van der Waals surface area (Å²) in [5, 5.41) is 15.8. The van der Waals surface area contributed by atoms with Crippen LogP contribution in [0.2, 0.25) is 0 Å². The van der Waals surface area contributed by atoms with E-state index >= 15 is 0 Å². The number of aromatic nitrogens is 4. The summed E-state index contributed by atoms with van der Waals surface area (Å²) in [7, 11) is 0. The van der Waals surface area contributed by atoms with Gasteiger partial charge in [0.25, 0.3) is 0 Å². The predicted octanol–water partition coefficient (Wildman–Crippen LogP) is 0.276. The molecule has 2 aromatic heterocycles. The molecule has 0 saturated carbocycles. The smallest absolute Gasteiger partial charge is 0.245 e. The minimum atomic E-state index is 0.190. The topological polar surface area (TPSA) is 108 Å². The maximum absolute atomic E-state index is 8.73. The van der Waals surface area contributed by atoms with Crippen LogP contribution in [0.15, 0.2) is 18.3 Å². The van der Waals surface area contributed by atoms with Gasteiger partial charge in [-0.2, -0.15) is 10.2 Å². The van der Waals surface area contributed by atoms with Gasteiger partial charge < -0.3 is 10.6 Å². The van der Waals surface area contributed by atoms with Gasteiger partial charge in [-0.05, 0) is 18.6 Å². The van der Waals surface area contributed by atoms with Gasteiger partial charge in [0.05, 0.1) is 5.56 Å². The van der Waals surface area contributed by atoms with Gasteiger partial charge in [0.15, 0.2) is 5.82 Å².